The van der Waals surface area contributed by atoms with Gasteiger partial charge < -0.3 is 5.32 Å². The zero-order chi connectivity index (χ0) is 22.0. The fraction of sp³-hybridized carbons (Fsp3) is 0.136. The highest BCUT2D eigenvalue weighted by Crippen LogP contribution is 2.25. The molecule has 0 bridgehead atoms. The van der Waals surface area contributed by atoms with Crippen molar-refractivity contribution in [3.63, 3.8) is 0 Å². The minimum absolute atomic E-state index is 0.0669. The quantitative estimate of drug-likeness (QED) is 0.303. The van der Waals surface area contributed by atoms with Crippen molar-refractivity contribution >= 4 is 56.5 Å². The number of halogens is 2. The average Bonchev–Trinajstić information content (AvgIpc) is 3.22. The number of anilines is 1. The van der Waals surface area contributed by atoms with Crippen molar-refractivity contribution in [3.05, 3.63) is 86.2 Å². The van der Waals surface area contributed by atoms with Gasteiger partial charge in [0.25, 0.3) is 5.56 Å². The van der Waals surface area contributed by atoms with Crippen LogP contribution in [0.4, 0.5) is 10.1 Å². The van der Waals surface area contributed by atoms with Gasteiger partial charge in [-0.05, 0) is 53.8 Å². The first kappa shape index (κ1) is 21.5. The number of carbonyl (C=O) groups is 1. The lowest BCUT2D eigenvalue weighted by Crippen LogP contribution is -2.24. The van der Waals surface area contributed by atoms with Gasteiger partial charge in [0.2, 0.25) is 5.91 Å². The molecule has 4 aromatic rings. The topological polar surface area (TPSA) is 64.0 Å². The van der Waals surface area contributed by atoms with Gasteiger partial charge in [0.05, 0.1) is 17.8 Å². The minimum atomic E-state index is -0.342. The van der Waals surface area contributed by atoms with Gasteiger partial charge in [-0.15, -0.1) is 11.3 Å². The van der Waals surface area contributed by atoms with Crippen molar-refractivity contribution in [2.45, 2.75) is 18.6 Å². The first-order chi connectivity index (χ1) is 14.9. The van der Waals surface area contributed by atoms with Gasteiger partial charge in [-0.3, -0.25) is 14.2 Å². The van der Waals surface area contributed by atoms with E-state index in [0.29, 0.717) is 26.1 Å². The number of aromatic nitrogens is 2. The van der Waals surface area contributed by atoms with Crippen LogP contribution in [0, 0.1) is 12.7 Å². The maximum atomic E-state index is 13.3. The molecule has 9 heteroatoms. The predicted octanol–water partition coefficient (Wildman–Crippen LogP) is 5.34. The molecular weight excluding hydrogens is 457 g/mol. The molecule has 1 amide bonds. The molecule has 5 nitrogen and oxygen atoms in total. The first-order valence-electron chi connectivity index (χ1n) is 9.32. The molecule has 1 N–H and O–H groups in total. The Kier molecular flexibility index (Phi) is 6.41. The number of carbonyl (C=O) groups excluding carboxylic acids is 1. The number of nitrogens with zero attached hydrogens (tertiary/aromatic N) is 2. The van der Waals surface area contributed by atoms with Crippen molar-refractivity contribution in [2.75, 3.05) is 11.1 Å². The van der Waals surface area contributed by atoms with E-state index in [0.717, 1.165) is 11.1 Å². The molecule has 4 rings (SSSR count). The summed E-state index contributed by atoms with van der Waals surface area (Å²) in [6.45, 7) is 2.06. The lowest BCUT2D eigenvalue weighted by molar-refractivity contribution is -0.113. The molecule has 0 atom stereocenters. The maximum absolute atomic E-state index is 13.3. The number of rotatable bonds is 6. The molecule has 0 aliphatic heterocycles. The molecule has 2 heterocycles. The van der Waals surface area contributed by atoms with E-state index >= 15 is 0 Å². The van der Waals surface area contributed by atoms with Gasteiger partial charge in [0.1, 0.15) is 10.5 Å². The predicted molar refractivity (Wildman–Crippen MR) is 125 cm³/mol. The molecule has 0 aliphatic rings. The standard InChI is InChI=1S/C22H17ClFN3O2S2/c1-13-16(23)3-2-4-17(13)25-19(28)12-31-22-26-18-9-10-30-20(18)21(29)27(22)11-14-5-7-15(24)8-6-14/h2-10H,11-12H2,1H3,(H,25,28). The molecule has 0 saturated heterocycles. The third-order valence-corrected chi connectivity index (χ3v) is 6.94. The Balaban J connectivity index is 1.58. The summed E-state index contributed by atoms with van der Waals surface area (Å²) in [6.07, 6.45) is 0. The lowest BCUT2D eigenvalue weighted by Gasteiger charge is -2.13. The van der Waals surface area contributed by atoms with E-state index in [4.69, 9.17) is 11.6 Å². The van der Waals surface area contributed by atoms with Gasteiger partial charge >= 0.3 is 0 Å². The van der Waals surface area contributed by atoms with Crippen molar-refractivity contribution in [3.8, 4) is 0 Å². The number of hydrogen-bond donors (Lipinski definition) is 1. The second-order valence-electron chi connectivity index (χ2n) is 6.80. The largest absolute Gasteiger partial charge is 0.325 e. The smallest absolute Gasteiger partial charge is 0.272 e. The third kappa shape index (κ3) is 4.81. The van der Waals surface area contributed by atoms with Crippen molar-refractivity contribution < 1.29 is 9.18 Å². The van der Waals surface area contributed by atoms with E-state index in [1.165, 1.54) is 39.8 Å². The van der Waals surface area contributed by atoms with Crippen molar-refractivity contribution in [2.24, 2.45) is 0 Å². The normalized spacial score (nSPS) is 11.1. The highest BCUT2D eigenvalue weighted by Gasteiger charge is 2.15. The number of amides is 1. The van der Waals surface area contributed by atoms with E-state index in [1.807, 2.05) is 12.3 Å². The lowest BCUT2D eigenvalue weighted by atomic mass is 10.2. The summed E-state index contributed by atoms with van der Waals surface area (Å²) in [5.41, 5.74) is 2.61. The molecule has 2 aromatic carbocycles. The van der Waals surface area contributed by atoms with Crippen LogP contribution in [0.3, 0.4) is 0 Å². The Morgan fingerprint density at radius 2 is 2.00 bits per heavy atom. The van der Waals surface area contributed by atoms with Crippen LogP contribution in [0.15, 0.2) is 63.9 Å². The molecule has 0 unspecified atom stereocenters. The summed E-state index contributed by atoms with van der Waals surface area (Å²) < 4.78 is 15.3. The summed E-state index contributed by atoms with van der Waals surface area (Å²) >= 11 is 8.61. The minimum Gasteiger partial charge on any atom is -0.325 e. The third-order valence-electron chi connectivity index (χ3n) is 4.66. The second-order valence-corrected chi connectivity index (χ2v) is 9.06. The Morgan fingerprint density at radius 1 is 1.23 bits per heavy atom. The van der Waals surface area contributed by atoms with Crippen LogP contribution in [0.5, 0.6) is 0 Å². The second kappa shape index (κ2) is 9.21. The number of thiophene rings is 1. The number of hydrogen-bond acceptors (Lipinski definition) is 5. The van der Waals surface area contributed by atoms with Crippen LogP contribution in [0.25, 0.3) is 10.2 Å². The summed E-state index contributed by atoms with van der Waals surface area (Å²) in [5, 5.41) is 5.66. The molecule has 0 aliphatic carbocycles. The first-order valence-corrected chi connectivity index (χ1v) is 11.6. The molecule has 2 aromatic heterocycles. The molecule has 158 valence electrons. The Hall–Kier alpha value is -2.68. The number of nitrogens with one attached hydrogen (secondary N) is 1. The van der Waals surface area contributed by atoms with E-state index in [-0.39, 0.29) is 29.6 Å². The van der Waals surface area contributed by atoms with E-state index in [9.17, 15) is 14.0 Å². The zero-order valence-corrected chi connectivity index (χ0v) is 18.8. The molecule has 31 heavy (non-hydrogen) atoms. The average molecular weight is 474 g/mol. The number of thioether (sulfide) groups is 1. The van der Waals surface area contributed by atoms with E-state index in [1.54, 1.807) is 36.4 Å². The van der Waals surface area contributed by atoms with Gasteiger partial charge in [0.15, 0.2) is 5.16 Å². The van der Waals surface area contributed by atoms with Gasteiger partial charge in [0, 0.05) is 10.7 Å². The fourth-order valence-electron chi connectivity index (χ4n) is 3.00. The van der Waals surface area contributed by atoms with Gasteiger partial charge in [-0.1, -0.05) is 41.6 Å². The SMILES string of the molecule is Cc1c(Cl)cccc1NC(=O)CSc1nc2ccsc2c(=O)n1Cc1ccc(F)cc1. The maximum Gasteiger partial charge on any atom is 0.272 e. The summed E-state index contributed by atoms with van der Waals surface area (Å²) in [6, 6.07) is 13.1. The molecule has 0 fully saturated rings. The van der Waals surface area contributed by atoms with Crippen LogP contribution in [-0.2, 0) is 11.3 Å². The zero-order valence-electron chi connectivity index (χ0n) is 16.4. The van der Waals surface area contributed by atoms with E-state index in [2.05, 4.69) is 10.3 Å². The summed E-state index contributed by atoms with van der Waals surface area (Å²) in [4.78, 5) is 30.1. The van der Waals surface area contributed by atoms with Gasteiger partial charge in [-0.2, -0.15) is 0 Å². The van der Waals surface area contributed by atoms with E-state index < -0.39 is 0 Å². The molecule has 0 radical (unpaired) electrons. The highest BCUT2D eigenvalue weighted by atomic mass is 35.5. The summed E-state index contributed by atoms with van der Waals surface area (Å²) in [7, 11) is 0. The number of benzene rings is 2. The Bertz CT molecular complexity index is 1320. The molecule has 0 saturated carbocycles. The monoisotopic (exact) mass is 473 g/mol. The Morgan fingerprint density at radius 3 is 2.77 bits per heavy atom. The van der Waals surface area contributed by atoms with Crippen LogP contribution >= 0.6 is 34.7 Å². The van der Waals surface area contributed by atoms with Crippen LogP contribution in [0.1, 0.15) is 11.1 Å². The molecule has 0 spiro atoms. The number of fused-ring (bicyclic) bond motifs is 1. The van der Waals surface area contributed by atoms with Crippen LogP contribution in [-0.4, -0.2) is 21.2 Å². The van der Waals surface area contributed by atoms with Crippen molar-refractivity contribution in [1.82, 2.24) is 9.55 Å². The fourth-order valence-corrected chi connectivity index (χ4v) is 4.76. The van der Waals surface area contributed by atoms with Crippen molar-refractivity contribution in [1.29, 1.82) is 0 Å². The van der Waals surface area contributed by atoms with Crippen LogP contribution in [0.2, 0.25) is 5.02 Å². The van der Waals surface area contributed by atoms with Gasteiger partial charge in [-0.25, -0.2) is 9.37 Å². The molecular formula is C22H17ClFN3O2S2. The van der Waals surface area contributed by atoms with Crippen LogP contribution < -0.4 is 10.9 Å². The highest BCUT2D eigenvalue weighted by molar-refractivity contribution is 7.99. The Labute approximate surface area is 190 Å². The summed E-state index contributed by atoms with van der Waals surface area (Å²) in [5.74, 6) is -0.508.